The molecule has 0 radical (unpaired) electrons. The maximum Gasteiger partial charge on any atom is 0.234 e. The summed E-state index contributed by atoms with van der Waals surface area (Å²) in [7, 11) is 1.74. The first-order valence-corrected chi connectivity index (χ1v) is 8.81. The Balaban J connectivity index is 1.63. The van der Waals surface area contributed by atoms with E-state index in [-0.39, 0.29) is 5.91 Å². The van der Waals surface area contributed by atoms with Crippen molar-refractivity contribution in [2.75, 3.05) is 53.0 Å². The van der Waals surface area contributed by atoms with E-state index < -0.39 is 0 Å². The second kappa shape index (κ2) is 9.25. The van der Waals surface area contributed by atoms with Crippen LogP contribution in [-0.2, 0) is 16.0 Å². The van der Waals surface area contributed by atoms with E-state index in [2.05, 4.69) is 33.5 Å². The zero-order valence-electron chi connectivity index (χ0n) is 13.6. The van der Waals surface area contributed by atoms with Crippen molar-refractivity contribution in [2.45, 2.75) is 19.4 Å². The molecule has 0 spiro atoms. The minimum absolute atomic E-state index is 0.133. The molecule has 1 amide bonds. The highest BCUT2D eigenvalue weighted by molar-refractivity contribution is 7.09. The molecule has 1 aliphatic rings. The summed E-state index contributed by atoms with van der Waals surface area (Å²) in [4.78, 5) is 18.0. The van der Waals surface area contributed by atoms with Gasteiger partial charge >= 0.3 is 0 Å². The maximum absolute atomic E-state index is 12.0. The van der Waals surface area contributed by atoms with Crippen molar-refractivity contribution in [3.63, 3.8) is 0 Å². The van der Waals surface area contributed by atoms with Gasteiger partial charge in [-0.05, 0) is 24.8 Å². The van der Waals surface area contributed by atoms with Gasteiger partial charge in [0.05, 0.1) is 13.2 Å². The molecule has 1 fully saturated rings. The number of carbonyl (C=O) groups excluding carboxylic acids is 1. The summed E-state index contributed by atoms with van der Waals surface area (Å²) in [6.45, 7) is 8.10. The molecule has 1 aromatic heterocycles. The number of methoxy groups -OCH3 is 1. The monoisotopic (exact) mass is 325 g/mol. The fourth-order valence-electron chi connectivity index (χ4n) is 2.79. The van der Waals surface area contributed by atoms with E-state index in [0.717, 1.165) is 45.8 Å². The van der Waals surface area contributed by atoms with Crippen LogP contribution in [0.15, 0.2) is 17.5 Å². The number of nitrogens with one attached hydrogen (secondary N) is 1. The van der Waals surface area contributed by atoms with Crippen molar-refractivity contribution in [2.24, 2.45) is 0 Å². The molecule has 22 heavy (non-hydrogen) atoms. The zero-order chi connectivity index (χ0) is 15.8. The first-order valence-electron chi connectivity index (χ1n) is 7.93. The van der Waals surface area contributed by atoms with E-state index in [1.54, 1.807) is 18.4 Å². The Morgan fingerprint density at radius 2 is 2.36 bits per heavy atom. The van der Waals surface area contributed by atoms with Crippen LogP contribution in [0.2, 0.25) is 0 Å². The lowest BCUT2D eigenvalue weighted by molar-refractivity contribution is -0.122. The molecule has 0 saturated carbocycles. The smallest absolute Gasteiger partial charge is 0.234 e. The summed E-state index contributed by atoms with van der Waals surface area (Å²) in [5.41, 5.74) is 0. The van der Waals surface area contributed by atoms with Gasteiger partial charge in [0.25, 0.3) is 0 Å². The van der Waals surface area contributed by atoms with E-state index >= 15 is 0 Å². The van der Waals surface area contributed by atoms with Gasteiger partial charge in [0.1, 0.15) is 0 Å². The second-order valence-corrected chi connectivity index (χ2v) is 6.82. The molecule has 0 aliphatic carbocycles. The van der Waals surface area contributed by atoms with E-state index in [1.165, 1.54) is 4.88 Å². The number of hydrogen-bond acceptors (Lipinski definition) is 5. The Bertz CT molecular complexity index is 439. The van der Waals surface area contributed by atoms with Crippen molar-refractivity contribution < 1.29 is 9.53 Å². The minimum atomic E-state index is 0.133. The van der Waals surface area contributed by atoms with Gasteiger partial charge in [-0.15, -0.1) is 11.3 Å². The maximum atomic E-state index is 12.0. The average molecular weight is 325 g/mol. The normalized spacial score (nSPS) is 20.2. The zero-order valence-corrected chi connectivity index (χ0v) is 14.4. The van der Waals surface area contributed by atoms with Gasteiger partial charge in [0.15, 0.2) is 0 Å². The van der Waals surface area contributed by atoms with Gasteiger partial charge in [-0.2, -0.15) is 0 Å². The standard InChI is InChI=1S/C16H27N3O2S/c1-14-12-18(7-8-19(14)9-10-21-2)13-16(20)17-6-5-15-4-3-11-22-15/h3-4,11,14H,5-10,12-13H2,1-2H3,(H,17,20). The van der Waals surface area contributed by atoms with Gasteiger partial charge in [-0.1, -0.05) is 6.07 Å². The van der Waals surface area contributed by atoms with Gasteiger partial charge in [-0.3, -0.25) is 14.6 Å². The van der Waals surface area contributed by atoms with Gasteiger partial charge in [0, 0.05) is 50.8 Å². The minimum Gasteiger partial charge on any atom is -0.383 e. The molecular weight excluding hydrogens is 298 g/mol. The number of amides is 1. The Morgan fingerprint density at radius 1 is 1.50 bits per heavy atom. The van der Waals surface area contributed by atoms with Crippen LogP contribution in [0.1, 0.15) is 11.8 Å². The summed E-state index contributed by atoms with van der Waals surface area (Å²) in [6.07, 6.45) is 0.921. The molecule has 1 aliphatic heterocycles. The number of rotatable bonds is 8. The van der Waals surface area contributed by atoms with E-state index in [0.29, 0.717) is 12.6 Å². The molecule has 5 nitrogen and oxygen atoms in total. The second-order valence-electron chi connectivity index (χ2n) is 5.79. The number of piperazine rings is 1. The van der Waals surface area contributed by atoms with Crippen LogP contribution >= 0.6 is 11.3 Å². The van der Waals surface area contributed by atoms with Crippen molar-refractivity contribution in [3.05, 3.63) is 22.4 Å². The molecule has 1 N–H and O–H groups in total. The van der Waals surface area contributed by atoms with Crippen molar-refractivity contribution >= 4 is 17.2 Å². The highest BCUT2D eigenvalue weighted by Crippen LogP contribution is 2.09. The average Bonchev–Trinajstić information content (AvgIpc) is 3.00. The van der Waals surface area contributed by atoms with Crippen LogP contribution in [0, 0.1) is 0 Å². The number of carbonyl (C=O) groups is 1. The third-order valence-electron chi connectivity index (χ3n) is 4.07. The fourth-order valence-corrected chi connectivity index (χ4v) is 3.50. The predicted octanol–water partition coefficient (Wildman–Crippen LogP) is 1.06. The molecule has 124 valence electrons. The molecule has 1 aromatic rings. The van der Waals surface area contributed by atoms with Crippen molar-refractivity contribution in [3.8, 4) is 0 Å². The lowest BCUT2D eigenvalue weighted by atomic mass is 10.2. The Hall–Kier alpha value is -0.950. The molecule has 0 bridgehead atoms. The van der Waals surface area contributed by atoms with Crippen LogP contribution in [0.4, 0.5) is 0 Å². The van der Waals surface area contributed by atoms with Crippen molar-refractivity contribution in [1.29, 1.82) is 0 Å². The molecule has 1 saturated heterocycles. The van der Waals surface area contributed by atoms with E-state index in [4.69, 9.17) is 4.74 Å². The summed E-state index contributed by atoms with van der Waals surface area (Å²) in [5.74, 6) is 0.133. The van der Waals surface area contributed by atoms with Crippen LogP contribution in [0.3, 0.4) is 0 Å². The number of ether oxygens (including phenoxy) is 1. The third kappa shape index (κ3) is 5.68. The van der Waals surface area contributed by atoms with Crippen LogP contribution in [-0.4, -0.2) is 74.7 Å². The summed E-state index contributed by atoms with van der Waals surface area (Å²) >= 11 is 1.74. The molecule has 2 rings (SSSR count). The summed E-state index contributed by atoms with van der Waals surface area (Å²) < 4.78 is 5.14. The number of nitrogens with zero attached hydrogens (tertiary/aromatic N) is 2. The van der Waals surface area contributed by atoms with Gasteiger partial charge < -0.3 is 10.1 Å². The Labute approximate surface area is 137 Å². The summed E-state index contributed by atoms with van der Waals surface area (Å²) in [5, 5.41) is 5.09. The summed E-state index contributed by atoms with van der Waals surface area (Å²) in [6, 6.07) is 4.63. The Kier molecular flexibility index (Phi) is 7.32. The lowest BCUT2D eigenvalue weighted by Crippen LogP contribution is -2.54. The molecule has 6 heteroatoms. The highest BCUT2D eigenvalue weighted by atomic mass is 32.1. The largest absolute Gasteiger partial charge is 0.383 e. The van der Waals surface area contributed by atoms with E-state index in [1.807, 2.05) is 6.07 Å². The van der Waals surface area contributed by atoms with E-state index in [9.17, 15) is 4.79 Å². The molecule has 1 atom stereocenters. The van der Waals surface area contributed by atoms with Crippen molar-refractivity contribution in [1.82, 2.24) is 15.1 Å². The van der Waals surface area contributed by atoms with Gasteiger partial charge in [0.2, 0.25) is 5.91 Å². The molecular formula is C16H27N3O2S. The first kappa shape index (κ1) is 17.4. The topological polar surface area (TPSA) is 44.8 Å². The Morgan fingerprint density at radius 3 is 3.05 bits per heavy atom. The fraction of sp³-hybridized carbons (Fsp3) is 0.688. The SMILES string of the molecule is COCCN1CCN(CC(=O)NCCc2cccs2)CC1C. The number of thiophene rings is 1. The quantitative estimate of drug-likeness (QED) is 0.776. The highest BCUT2D eigenvalue weighted by Gasteiger charge is 2.24. The van der Waals surface area contributed by atoms with Crippen LogP contribution in [0.25, 0.3) is 0 Å². The van der Waals surface area contributed by atoms with Crippen LogP contribution < -0.4 is 5.32 Å². The predicted molar refractivity (Wildman–Crippen MR) is 90.4 cm³/mol. The number of hydrogen-bond donors (Lipinski definition) is 1. The molecule has 1 unspecified atom stereocenters. The molecule has 2 heterocycles. The molecule has 0 aromatic carbocycles. The van der Waals surface area contributed by atoms with Crippen LogP contribution in [0.5, 0.6) is 0 Å². The lowest BCUT2D eigenvalue weighted by Gasteiger charge is -2.39. The van der Waals surface area contributed by atoms with Gasteiger partial charge in [-0.25, -0.2) is 0 Å². The third-order valence-corrected chi connectivity index (χ3v) is 5.01. The first-order chi connectivity index (χ1) is 10.7.